The van der Waals surface area contributed by atoms with Crippen molar-refractivity contribution >= 4 is 6.08 Å². The fraction of sp³-hybridized carbons (Fsp3) is 0.273. The fourth-order valence-corrected chi connectivity index (χ4v) is 1.07. The van der Waals surface area contributed by atoms with Gasteiger partial charge in [0.05, 0.1) is 6.10 Å². The molecule has 0 heterocycles. The minimum atomic E-state index is -0.468. The molecule has 0 aromatic heterocycles. The Kier molecular flexibility index (Phi) is 3.20. The normalized spacial score (nSPS) is 13.5. The molecular weight excluding hydrogens is 167 g/mol. The van der Waals surface area contributed by atoms with E-state index in [1.165, 1.54) is 12.1 Å². The molecule has 70 valence electrons. The molecule has 0 aliphatic heterocycles. The predicted molar refractivity (Wildman–Crippen MR) is 51.9 cm³/mol. The SMILES string of the molecule is Cc1cc(F)ccc1/C=C/C(C)O. The van der Waals surface area contributed by atoms with Crippen LogP contribution in [0.25, 0.3) is 6.08 Å². The number of rotatable bonds is 2. The summed E-state index contributed by atoms with van der Waals surface area (Å²) < 4.78 is 12.7. The van der Waals surface area contributed by atoms with E-state index in [4.69, 9.17) is 5.11 Å². The van der Waals surface area contributed by atoms with E-state index in [0.29, 0.717) is 0 Å². The standard InChI is InChI=1S/C11H13FO/c1-8-7-11(12)6-5-10(8)4-3-9(2)13/h3-7,9,13H,1-2H3/b4-3+. The summed E-state index contributed by atoms with van der Waals surface area (Å²) in [5, 5.41) is 9.00. The van der Waals surface area contributed by atoms with Crippen molar-refractivity contribution in [1.29, 1.82) is 0 Å². The van der Waals surface area contributed by atoms with Gasteiger partial charge in [-0.05, 0) is 37.1 Å². The van der Waals surface area contributed by atoms with E-state index in [1.807, 2.05) is 6.92 Å². The van der Waals surface area contributed by atoms with Gasteiger partial charge in [-0.25, -0.2) is 4.39 Å². The first-order chi connectivity index (χ1) is 6.09. The molecular formula is C11H13FO. The van der Waals surface area contributed by atoms with Crippen molar-refractivity contribution in [3.05, 3.63) is 41.2 Å². The second-order valence-electron chi connectivity index (χ2n) is 3.10. The van der Waals surface area contributed by atoms with Gasteiger partial charge in [0.2, 0.25) is 0 Å². The predicted octanol–water partition coefficient (Wildman–Crippen LogP) is 2.53. The van der Waals surface area contributed by atoms with E-state index in [0.717, 1.165) is 11.1 Å². The van der Waals surface area contributed by atoms with Crippen LogP contribution in [0.1, 0.15) is 18.1 Å². The number of aliphatic hydroxyl groups is 1. The van der Waals surface area contributed by atoms with Crippen molar-refractivity contribution in [3.63, 3.8) is 0 Å². The van der Waals surface area contributed by atoms with Gasteiger partial charge in [-0.2, -0.15) is 0 Å². The molecule has 13 heavy (non-hydrogen) atoms. The van der Waals surface area contributed by atoms with Crippen LogP contribution >= 0.6 is 0 Å². The number of hydrogen-bond acceptors (Lipinski definition) is 1. The van der Waals surface area contributed by atoms with Crippen LogP contribution in [0.4, 0.5) is 4.39 Å². The largest absolute Gasteiger partial charge is 0.389 e. The van der Waals surface area contributed by atoms with E-state index < -0.39 is 6.10 Å². The molecule has 1 nitrogen and oxygen atoms in total. The van der Waals surface area contributed by atoms with E-state index >= 15 is 0 Å². The highest BCUT2D eigenvalue weighted by molar-refractivity contribution is 5.53. The highest BCUT2D eigenvalue weighted by Gasteiger charge is 1.96. The van der Waals surface area contributed by atoms with Crippen LogP contribution in [0, 0.1) is 12.7 Å². The maximum absolute atomic E-state index is 12.7. The maximum Gasteiger partial charge on any atom is 0.123 e. The Morgan fingerprint density at radius 3 is 2.69 bits per heavy atom. The van der Waals surface area contributed by atoms with E-state index in [1.54, 1.807) is 25.1 Å². The lowest BCUT2D eigenvalue weighted by Crippen LogP contribution is -1.92. The lowest BCUT2D eigenvalue weighted by Gasteiger charge is -2.00. The van der Waals surface area contributed by atoms with Gasteiger partial charge in [0.15, 0.2) is 0 Å². The van der Waals surface area contributed by atoms with E-state index in [-0.39, 0.29) is 5.82 Å². The zero-order valence-electron chi connectivity index (χ0n) is 7.79. The average molecular weight is 180 g/mol. The van der Waals surface area contributed by atoms with Gasteiger partial charge in [0.1, 0.15) is 5.82 Å². The molecule has 0 saturated heterocycles. The summed E-state index contributed by atoms with van der Waals surface area (Å²) in [5.74, 6) is -0.230. The van der Waals surface area contributed by atoms with Gasteiger partial charge in [-0.3, -0.25) is 0 Å². The molecule has 0 aliphatic rings. The molecule has 0 fully saturated rings. The van der Waals surface area contributed by atoms with Gasteiger partial charge in [0.25, 0.3) is 0 Å². The summed E-state index contributed by atoms with van der Waals surface area (Å²) >= 11 is 0. The topological polar surface area (TPSA) is 20.2 Å². The van der Waals surface area contributed by atoms with Crippen LogP contribution in [-0.2, 0) is 0 Å². The van der Waals surface area contributed by atoms with Crippen LogP contribution in [0.3, 0.4) is 0 Å². The summed E-state index contributed by atoms with van der Waals surface area (Å²) in [7, 11) is 0. The van der Waals surface area contributed by atoms with Crippen molar-refractivity contribution in [2.45, 2.75) is 20.0 Å². The maximum atomic E-state index is 12.7. The third kappa shape index (κ3) is 2.99. The smallest absolute Gasteiger partial charge is 0.123 e. The zero-order chi connectivity index (χ0) is 9.84. The molecule has 0 amide bonds. The zero-order valence-corrected chi connectivity index (χ0v) is 7.79. The van der Waals surface area contributed by atoms with Gasteiger partial charge >= 0.3 is 0 Å². The van der Waals surface area contributed by atoms with Crippen LogP contribution < -0.4 is 0 Å². The Morgan fingerprint density at radius 2 is 2.15 bits per heavy atom. The summed E-state index contributed by atoms with van der Waals surface area (Å²) in [6.45, 7) is 3.51. The highest BCUT2D eigenvalue weighted by Crippen LogP contribution is 2.11. The minimum Gasteiger partial charge on any atom is -0.389 e. The van der Waals surface area contributed by atoms with Crippen LogP contribution in [-0.4, -0.2) is 11.2 Å². The van der Waals surface area contributed by atoms with Gasteiger partial charge in [-0.1, -0.05) is 18.2 Å². The van der Waals surface area contributed by atoms with E-state index in [9.17, 15) is 4.39 Å². The number of aryl methyl sites for hydroxylation is 1. The van der Waals surface area contributed by atoms with Gasteiger partial charge in [-0.15, -0.1) is 0 Å². The summed E-state index contributed by atoms with van der Waals surface area (Å²) in [5.41, 5.74) is 1.80. The van der Waals surface area contributed by atoms with Crippen molar-refractivity contribution < 1.29 is 9.50 Å². The Hall–Kier alpha value is -1.15. The molecule has 0 spiro atoms. The molecule has 2 heteroatoms. The van der Waals surface area contributed by atoms with E-state index in [2.05, 4.69) is 0 Å². The quantitative estimate of drug-likeness (QED) is 0.741. The van der Waals surface area contributed by atoms with Crippen molar-refractivity contribution in [2.75, 3.05) is 0 Å². The third-order valence-electron chi connectivity index (χ3n) is 1.79. The number of benzene rings is 1. The number of aliphatic hydroxyl groups excluding tert-OH is 1. The van der Waals surface area contributed by atoms with Crippen LogP contribution in [0.5, 0.6) is 0 Å². The Balaban J connectivity index is 2.90. The molecule has 1 unspecified atom stereocenters. The first-order valence-corrected chi connectivity index (χ1v) is 4.22. The second kappa shape index (κ2) is 4.19. The Labute approximate surface area is 77.5 Å². The lowest BCUT2D eigenvalue weighted by atomic mass is 10.1. The molecule has 0 bridgehead atoms. The molecule has 1 aromatic rings. The average Bonchev–Trinajstić information content (AvgIpc) is 2.02. The highest BCUT2D eigenvalue weighted by atomic mass is 19.1. The van der Waals surface area contributed by atoms with Crippen molar-refractivity contribution in [3.8, 4) is 0 Å². The van der Waals surface area contributed by atoms with Crippen LogP contribution in [0.2, 0.25) is 0 Å². The number of halogens is 1. The number of hydrogen-bond donors (Lipinski definition) is 1. The molecule has 0 radical (unpaired) electrons. The third-order valence-corrected chi connectivity index (χ3v) is 1.79. The summed E-state index contributed by atoms with van der Waals surface area (Å²) in [6.07, 6.45) is 2.99. The van der Waals surface area contributed by atoms with Crippen molar-refractivity contribution in [2.24, 2.45) is 0 Å². The Morgan fingerprint density at radius 1 is 1.46 bits per heavy atom. The molecule has 1 N–H and O–H groups in total. The van der Waals surface area contributed by atoms with Crippen LogP contribution in [0.15, 0.2) is 24.3 Å². The molecule has 1 aromatic carbocycles. The molecule has 1 rings (SSSR count). The molecule has 0 aliphatic carbocycles. The first kappa shape index (κ1) is 9.93. The summed E-state index contributed by atoms with van der Waals surface area (Å²) in [4.78, 5) is 0. The van der Waals surface area contributed by atoms with Gasteiger partial charge < -0.3 is 5.11 Å². The van der Waals surface area contributed by atoms with Gasteiger partial charge in [0, 0.05) is 0 Å². The fourth-order valence-electron chi connectivity index (χ4n) is 1.07. The summed E-state index contributed by atoms with van der Waals surface area (Å²) in [6, 6.07) is 4.58. The first-order valence-electron chi connectivity index (χ1n) is 4.22. The second-order valence-corrected chi connectivity index (χ2v) is 3.10. The molecule has 0 saturated carbocycles. The molecule has 1 atom stereocenters. The van der Waals surface area contributed by atoms with Crippen molar-refractivity contribution in [1.82, 2.24) is 0 Å². The monoisotopic (exact) mass is 180 g/mol. The lowest BCUT2D eigenvalue weighted by molar-refractivity contribution is 0.245. The minimum absolute atomic E-state index is 0.230. The Bertz CT molecular complexity index is 316.